The molecule has 0 aliphatic heterocycles. The average molecular weight is 232 g/mol. The molecule has 1 heterocycles. The highest BCUT2D eigenvalue weighted by atomic mass is 16.4. The van der Waals surface area contributed by atoms with Crippen LogP contribution in [0.4, 0.5) is 0 Å². The lowest BCUT2D eigenvalue weighted by Crippen LogP contribution is -2.35. The lowest BCUT2D eigenvalue weighted by atomic mass is 10.0. The van der Waals surface area contributed by atoms with Crippen molar-refractivity contribution in [2.75, 3.05) is 7.05 Å². The van der Waals surface area contributed by atoms with Crippen molar-refractivity contribution in [2.24, 2.45) is 0 Å². The summed E-state index contributed by atoms with van der Waals surface area (Å²) in [7, 11) is 1.67. The number of carbonyl (C=O) groups is 1. The Morgan fingerprint density at radius 2 is 2.29 bits per heavy atom. The van der Waals surface area contributed by atoms with Crippen LogP contribution < -0.4 is 5.32 Å². The summed E-state index contributed by atoms with van der Waals surface area (Å²) in [6.07, 6.45) is 2.38. The van der Waals surface area contributed by atoms with Gasteiger partial charge in [-0.1, -0.05) is 18.2 Å². The molecule has 4 heteroatoms. The number of nitrogens with one attached hydrogen (secondary N) is 2. The maximum atomic E-state index is 11.0. The molecule has 0 aliphatic carbocycles. The number of aromatic amines is 1. The zero-order chi connectivity index (χ0) is 12.4. The summed E-state index contributed by atoms with van der Waals surface area (Å²) in [5, 5.41) is 12.9. The van der Waals surface area contributed by atoms with Crippen molar-refractivity contribution in [3.8, 4) is 0 Å². The fourth-order valence-electron chi connectivity index (χ4n) is 2.07. The van der Waals surface area contributed by atoms with Crippen molar-refractivity contribution in [3.63, 3.8) is 0 Å². The van der Waals surface area contributed by atoms with Crippen LogP contribution >= 0.6 is 0 Å². The lowest BCUT2D eigenvalue weighted by molar-refractivity contribution is -0.139. The summed E-state index contributed by atoms with van der Waals surface area (Å²) in [5.74, 6) is -0.825. The molecular weight excluding hydrogens is 216 g/mol. The number of aromatic nitrogens is 1. The fourth-order valence-corrected chi connectivity index (χ4v) is 2.07. The van der Waals surface area contributed by atoms with Crippen molar-refractivity contribution in [3.05, 3.63) is 35.5 Å². The second kappa shape index (κ2) is 4.59. The first-order valence-corrected chi connectivity index (χ1v) is 5.59. The van der Waals surface area contributed by atoms with Crippen LogP contribution in [-0.4, -0.2) is 29.1 Å². The topological polar surface area (TPSA) is 65.1 Å². The summed E-state index contributed by atoms with van der Waals surface area (Å²) in [6, 6.07) is 5.50. The molecule has 1 unspecified atom stereocenters. The molecule has 0 radical (unpaired) electrons. The number of aliphatic carboxylic acids is 1. The molecule has 1 aromatic heterocycles. The number of hydrogen-bond acceptors (Lipinski definition) is 2. The first kappa shape index (κ1) is 11.7. The minimum atomic E-state index is -0.825. The molecular formula is C13H16N2O2. The van der Waals surface area contributed by atoms with Gasteiger partial charge in [-0.2, -0.15) is 0 Å². The maximum Gasteiger partial charge on any atom is 0.321 e. The van der Waals surface area contributed by atoms with Gasteiger partial charge in [0.2, 0.25) is 0 Å². The van der Waals surface area contributed by atoms with E-state index in [1.807, 2.05) is 31.3 Å². The van der Waals surface area contributed by atoms with Gasteiger partial charge in [-0.3, -0.25) is 4.79 Å². The van der Waals surface area contributed by atoms with Gasteiger partial charge >= 0.3 is 5.97 Å². The summed E-state index contributed by atoms with van der Waals surface area (Å²) >= 11 is 0. The molecule has 0 saturated carbocycles. The smallest absolute Gasteiger partial charge is 0.321 e. The molecule has 0 aliphatic rings. The van der Waals surface area contributed by atoms with Gasteiger partial charge < -0.3 is 15.4 Å². The van der Waals surface area contributed by atoms with E-state index >= 15 is 0 Å². The predicted octanol–water partition coefficient (Wildman–Crippen LogP) is 1.69. The molecule has 2 rings (SSSR count). The molecule has 0 spiro atoms. The molecule has 0 bridgehead atoms. The number of fused-ring (bicyclic) bond motifs is 1. The van der Waals surface area contributed by atoms with Crippen molar-refractivity contribution in [1.29, 1.82) is 0 Å². The van der Waals surface area contributed by atoms with E-state index in [4.69, 9.17) is 5.11 Å². The average Bonchev–Trinajstić information content (AvgIpc) is 2.70. The van der Waals surface area contributed by atoms with Crippen molar-refractivity contribution < 1.29 is 9.90 Å². The highest BCUT2D eigenvalue weighted by molar-refractivity contribution is 5.86. The number of aryl methyl sites for hydroxylation is 1. The molecule has 1 atom stereocenters. The fraction of sp³-hybridized carbons (Fsp3) is 0.308. The van der Waals surface area contributed by atoms with Crippen LogP contribution in [0.3, 0.4) is 0 Å². The van der Waals surface area contributed by atoms with Crippen molar-refractivity contribution in [1.82, 2.24) is 10.3 Å². The number of carboxylic acids is 1. The van der Waals surface area contributed by atoms with Gasteiger partial charge in [0.15, 0.2) is 0 Å². The summed E-state index contributed by atoms with van der Waals surface area (Å²) in [5.41, 5.74) is 3.29. The van der Waals surface area contributed by atoms with Gasteiger partial charge in [0, 0.05) is 23.5 Å². The second-order valence-corrected chi connectivity index (χ2v) is 4.20. The van der Waals surface area contributed by atoms with E-state index in [2.05, 4.69) is 10.3 Å². The van der Waals surface area contributed by atoms with Gasteiger partial charge in [-0.25, -0.2) is 0 Å². The number of hydrogen-bond donors (Lipinski definition) is 3. The van der Waals surface area contributed by atoms with Gasteiger partial charge in [-0.15, -0.1) is 0 Å². The quantitative estimate of drug-likeness (QED) is 0.751. The Morgan fingerprint density at radius 1 is 1.53 bits per heavy atom. The van der Waals surface area contributed by atoms with Crippen LogP contribution in [-0.2, 0) is 11.2 Å². The molecule has 0 amide bonds. The zero-order valence-corrected chi connectivity index (χ0v) is 9.95. The standard InChI is InChI=1S/C13H16N2O2/c1-8-4-3-5-10-9(7-15-12(8)10)6-11(14-2)13(16)17/h3-5,7,11,14-15H,6H2,1-2H3,(H,16,17). The van der Waals surface area contributed by atoms with Crippen molar-refractivity contribution >= 4 is 16.9 Å². The highest BCUT2D eigenvalue weighted by Crippen LogP contribution is 2.22. The van der Waals surface area contributed by atoms with E-state index < -0.39 is 12.0 Å². The minimum absolute atomic E-state index is 0.481. The van der Waals surface area contributed by atoms with E-state index in [1.165, 1.54) is 5.56 Å². The molecule has 1 aromatic carbocycles. The largest absolute Gasteiger partial charge is 0.480 e. The normalized spacial score (nSPS) is 12.8. The Kier molecular flexibility index (Phi) is 3.15. The van der Waals surface area contributed by atoms with Crippen molar-refractivity contribution in [2.45, 2.75) is 19.4 Å². The number of likely N-dealkylation sites (N-methyl/N-ethyl adjacent to an activating group) is 1. The third-order valence-electron chi connectivity index (χ3n) is 3.08. The second-order valence-electron chi connectivity index (χ2n) is 4.20. The Bertz CT molecular complexity index is 545. The van der Waals surface area contributed by atoms with Crippen LogP contribution in [0.25, 0.3) is 10.9 Å². The number of H-pyrrole nitrogens is 1. The zero-order valence-electron chi connectivity index (χ0n) is 9.95. The highest BCUT2D eigenvalue weighted by Gasteiger charge is 2.17. The Labute approximate surface area is 99.7 Å². The Balaban J connectivity index is 2.37. The van der Waals surface area contributed by atoms with E-state index in [9.17, 15) is 4.79 Å². The third kappa shape index (κ3) is 2.17. The SMILES string of the molecule is CNC(Cc1c[nH]c2c(C)cccc12)C(=O)O. The molecule has 0 saturated heterocycles. The van der Waals surface area contributed by atoms with Gasteiger partial charge in [0.05, 0.1) is 0 Å². The Morgan fingerprint density at radius 3 is 2.94 bits per heavy atom. The minimum Gasteiger partial charge on any atom is -0.480 e. The summed E-state index contributed by atoms with van der Waals surface area (Å²) < 4.78 is 0. The van der Waals surface area contributed by atoms with E-state index in [0.717, 1.165) is 16.5 Å². The van der Waals surface area contributed by atoms with Crippen LogP contribution in [0.2, 0.25) is 0 Å². The monoisotopic (exact) mass is 232 g/mol. The van der Waals surface area contributed by atoms with Crippen LogP contribution in [0.1, 0.15) is 11.1 Å². The summed E-state index contributed by atoms with van der Waals surface area (Å²) in [4.78, 5) is 14.2. The molecule has 3 N–H and O–H groups in total. The molecule has 17 heavy (non-hydrogen) atoms. The van der Waals surface area contributed by atoms with Crippen LogP contribution in [0, 0.1) is 6.92 Å². The van der Waals surface area contributed by atoms with Crippen LogP contribution in [0.15, 0.2) is 24.4 Å². The first-order valence-electron chi connectivity index (χ1n) is 5.59. The van der Waals surface area contributed by atoms with Gasteiger partial charge in [0.25, 0.3) is 0 Å². The van der Waals surface area contributed by atoms with Gasteiger partial charge in [-0.05, 0) is 25.1 Å². The number of para-hydroxylation sites is 1. The number of rotatable bonds is 4. The lowest BCUT2D eigenvalue weighted by Gasteiger charge is -2.10. The first-order chi connectivity index (χ1) is 8.13. The predicted molar refractivity (Wildman–Crippen MR) is 67.2 cm³/mol. The molecule has 2 aromatic rings. The number of carboxylic acid groups (broad SMARTS) is 1. The maximum absolute atomic E-state index is 11.0. The molecule has 4 nitrogen and oxygen atoms in total. The third-order valence-corrected chi connectivity index (χ3v) is 3.08. The Hall–Kier alpha value is -1.81. The molecule has 0 fully saturated rings. The van der Waals surface area contributed by atoms with E-state index in [-0.39, 0.29) is 0 Å². The van der Waals surface area contributed by atoms with E-state index in [1.54, 1.807) is 7.05 Å². The van der Waals surface area contributed by atoms with Crippen LogP contribution in [0.5, 0.6) is 0 Å². The summed E-state index contributed by atoms with van der Waals surface area (Å²) in [6.45, 7) is 2.04. The van der Waals surface area contributed by atoms with Gasteiger partial charge in [0.1, 0.15) is 6.04 Å². The number of benzene rings is 1. The molecule has 90 valence electrons. The van der Waals surface area contributed by atoms with E-state index in [0.29, 0.717) is 6.42 Å².